The van der Waals surface area contributed by atoms with E-state index in [9.17, 15) is 0 Å². The van der Waals surface area contributed by atoms with E-state index in [-0.39, 0.29) is 11.5 Å². The predicted molar refractivity (Wildman–Crippen MR) is 145 cm³/mol. The molecule has 4 aromatic carbocycles. The average molecular weight is 464 g/mol. The van der Waals surface area contributed by atoms with Gasteiger partial charge in [-0.2, -0.15) is 0 Å². The molecule has 0 spiro atoms. The Morgan fingerprint density at radius 1 is 0.735 bits per heavy atom. The van der Waals surface area contributed by atoms with Gasteiger partial charge in [-0.3, -0.25) is 0 Å². The highest BCUT2D eigenvalue weighted by Gasteiger charge is 2.37. The molecule has 5 rings (SSSR count). The van der Waals surface area contributed by atoms with E-state index in [2.05, 4.69) is 129 Å². The highest BCUT2D eigenvalue weighted by atomic mass is 31.1. The second-order valence-corrected chi connectivity index (χ2v) is 11.4. The average Bonchev–Trinajstić information content (AvgIpc) is 3.36. The second-order valence-electron chi connectivity index (χ2n) is 9.24. The molecule has 1 aliphatic heterocycles. The predicted octanol–water partition coefficient (Wildman–Crippen LogP) is 5.76. The van der Waals surface area contributed by atoms with Crippen LogP contribution in [-0.4, -0.2) is 18.5 Å². The van der Waals surface area contributed by atoms with Crippen LogP contribution in [0.1, 0.15) is 25.0 Å². The molecule has 1 aliphatic rings. The maximum absolute atomic E-state index is 6.26. The lowest BCUT2D eigenvalue weighted by molar-refractivity contribution is 0.294. The van der Waals surface area contributed by atoms with E-state index in [1.807, 2.05) is 0 Å². The van der Waals surface area contributed by atoms with E-state index in [1.165, 1.54) is 27.0 Å². The van der Waals surface area contributed by atoms with Crippen molar-refractivity contribution >= 4 is 29.7 Å². The molecule has 2 nitrogen and oxygen atoms in total. The van der Waals surface area contributed by atoms with Gasteiger partial charge >= 0.3 is 0 Å². The van der Waals surface area contributed by atoms with Gasteiger partial charge in [0, 0.05) is 0 Å². The lowest BCUT2D eigenvalue weighted by atomic mass is 9.84. The van der Waals surface area contributed by atoms with Crippen LogP contribution in [0.15, 0.2) is 120 Å². The molecule has 34 heavy (non-hydrogen) atoms. The summed E-state index contributed by atoms with van der Waals surface area (Å²) in [6, 6.07) is 41.3. The molecule has 1 atom stereocenters. The molecule has 4 aromatic rings. The molecule has 0 fully saturated rings. The summed E-state index contributed by atoms with van der Waals surface area (Å²) < 4.78 is 6.26. The van der Waals surface area contributed by atoms with E-state index in [4.69, 9.17) is 9.73 Å². The zero-order chi connectivity index (χ0) is 23.4. The van der Waals surface area contributed by atoms with E-state index in [1.54, 1.807) is 0 Å². The lowest BCUT2D eigenvalue weighted by Gasteiger charge is -2.30. The maximum atomic E-state index is 6.26. The Hall–Kier alpha value is -3.22. The van der Waals surface area contributed by atoms with Gasteiger partial charge in [0.1, 0.15) is 6.61 Å². The zero-order valence-corrected chi connectivity index (χ0v) is 20.7. The first-order valence-corrected chi connectivity index (χ1v) is 13.2. The van der Waals surface area contributed by atoms with Crippen LogP contribution in [0.4, 0.5) is 0 Å². The summed E-state index contributed by atoms with van der Waals surface area (Å²) in [4.78, 5) is 5.08. The Morgan fingerprint density at radius 2 is 1.26 bits per heavy atom. The van der Waals surface area contributed by atoms with E-state index >= 15 is 0 Å². The largest absolute Gasteiger partial charge is 0.478 e. The van der Waals surface area contributed by atoms with Crippen molar-refractivity contribution in [3.8, 4) is 0 Å². The van der Waals surface area contributed by atoms with Gasteiger partial charge in [0.25, 0.3) is 0 Å². The van der Waals surface area contributed by atoms with Crippen molar-refractivity contribution in [3.05, 3.63) is 126 Å². The van der Waals surface area contributed by atoms with Crippen molar-refractivity contribution in [1.29, 1.82) is 0 Å². The molecule has 0 bridgehead atoms. The SMILES string of the molecule is CC(C)(C1=NC(Cc2ccccc2)CO1)c1ccccc1P(c1ccccc1)c1ccccc1. The topological polar surface area (TPSA) is 21.6 Å². The number of rotatable bonds is 7. The minimum Gasteiger partial charge on any atom is -0.478 e. The smallest absolute Gasteiger partial charge is 0.194 e. The molecule has 0 N–H and O–H groups in total. The first kappa shape index (κ1) is 22.6. The lowest BCUT2D eigenvalue weighted by Crippen LogP contribution is -2.36. The van der Waals surface area contributed by atoms with Crippen LogP contribution in [0.25, 0.3) is 0 Å². The summed E-state index contributed by atoms with van der Waals surface area (Å²) in [6.07, 6.45) is 0.906. The molecule has 170 valence electrons. The van der Waals surface area contributed by atoms with Crippen LogP contribution < -0.4 is 15.9 Å². The summed E-state index contributed by atoms with van der Waals surface area (Å²) in [6.45, 7) is 5.14. The van der Waals surface area contributed by atoms with Crippen LogP contribution in [-0.2, 0) is 16.6 Å². The third-order valence-electron chi connectivity index (χ3n) is 6.41. The standard InChI is InChI=1S/C31H30NOP/c1-31(2,30-32-25(23-33-30)22-24-14-6-3-7-15-24)28-20-12-13-21-29(28)34(26-16-8-4-9-17-26)27-18-10-5-11-19-27/h3-21,25H,22-23H2,1-2H3. The quantitative estimate of drug-likeness (QED) is 0.319. The number of ether oxygens (including phenoxy) is 1. The fourth-order valence-electron chi connectivity index (χ4n) is 4.64. The third kappa shape index (κ3) is 4.69. The molecular formula is C31H30NOP. The number of benzene rings is 4. The van der Waals surface area contributed by atoms with Crippen LogP contribution in [0, 0.1) is 0 Å². The summed E-state index contributed by atoms with van der Waals surface area (Å²) in [7, 11) is -0.707. The van der Waals surface area contributed by atoms with E-state index in [0.717, 1.165) is 12.3 Å². The van der Waals surface area contributed by atoms with Gasteiger partial charge in [-0.1, -0.05) is 115 Å². The van der Waals surface area contributed by atoms with Crippen molar-refractivity contribution in [2.75, 3.05) is 6.61 Å². The first-order chi connectivity index (χ1) is 16.6. The molecule has 0 amide bonds. The van der Waals surface area contributed by atoms with Crippen molar-refractivity contribution in [1.82, 2.24) is 0 Å². The Balaban J connectivity index is 1.53. The van der Waals surface area contributed by atoms with Crippen LogP contribution in [0.2, 0.25) is 0 Å². The molecule has 0 aliphatic carbocycles. The Morgan fingerprint density at radius 3 is 1.88 bits per heavy atom. The molecule has 0 radical (unpaired) electrons. The minimum atomic E-state index is -0.707. The van der Waals surface area contributed by atoms with Gasteiger partial charge in [0.05, 0.1) is 11.5 Å². The monoisotopic (exact) mass is 463 g/mol. The Bertz CT molecular complexity index is 1210. The Labute approximate surface area is 204 Å². The van der Waals surface area contributed by atoms with Crippen LogP contribution in [0.3, 0.4) is 0 Å². The van der Waals surface area contributed by atoms with Gasteiger partial charge < -0.3 is 4.74 Å². The number of hydrogen-bond donors (Lipinski definition) is 0. The summed E-state index contributed by atoms with van der Waals surface area (Å²) in [5.41, 5.74) is 2.26. The molecule has 3 heteroatoms. The summed E-state index contributed by atoms with van der Waals surface area (Å²) >= 11 is 0. The molecule has 0 saturated heterocycles. The van der Waals surface area contributed by atoms with Gasteiger partial charge in [-0.05, 0) is 55.2 Å². The zero-order valence-electron chi connectivity index (χ0n) is 19.8. The number of hydrogen-bond acceptors (Lipinski definition) is 2. The first-order valence-electron chi connectivity index (χ1n) is 11.9. The van der Waals surface area contributed by atoms with Gasteiger partial charge in [0.2, 0.25) is 0 Å². The van der Waals surface area contributed by atoms with Gasteiger partial charge in [-0.15, -0.1) is 0 Å². The third-order valence-corrected chi connectivity index (χ3v) is 8.91. The molecule has 0 saturated carbocycles. The van der Waals surface area contributed by atoms with Gasteiger partial charge in [-0.25, -0.2) is 4.99 Å². The fraction of sp³-hybridized carbons (Fsp3) is 0.194. The van der Waals surface area contributed by atoms with E-state index in [0.29, 0.717) is 6.61 Å². The highest BCUT2D eigenvalue weighted by Crippen LogP contribution is 2.38. The fourth-order valence-corrected chi connectivity index (χ4v) is 7.27. The van der Waals surface area contributed by atoms with Gasteiger partial charge in [0.15, 0.2) is 5.90 Å². The van der Waals surface area contributed by atoms with Crippen molar-refractivity contribution in [2.45, 2.75) is 31.7 Å². The van der Waals surface area contributed by atoms with Crippen molar-refractivity contribution in [3.63, 3.8) is 0 Å². The van der Waals surface area contributed by atoms with Crippen LogP contribution in [0.5, 0.6) is 0 Å². The summed E-state index contributed by atoms with van der Waals surface area (Å²) in [5, 5.41) is 4.06. The van der Waals surface area contributed by atoms with Crippen molar-refractivity contribution in [2.24, 2.45) is 4.99 Å². The van der Waals surface area contributed by atoms with E-state index < -0.39 is 7.92 Å². The second kappa shape index (κ2) is 9.95. The molecular weight excluding hydrogens is 433 g/mol. The minimum absolute atomic E-state index is 0.161. The normalized spacial score (nSPS) is 15.7. The number of aliphatic imine (C=N–C) groups is 1. The Kier molecular flexibility index (Phi) is 6.61. The molecule has 1 unspecified atom stereocenters. The maximum Gasteiger partial charge on any atom is 0.194 e. The molecule has 1 heterocycles. The summed E-state index contributed by atoms with van der Waals surface area (Å²) in [5.74, 6) is 0.844. The van der Waals surface area contributed by atoms with Crippen LogP contribution >= 0.6 is 7.92 Å². The highest BCUT2D eigenvalue weighted by molar-refractivity contribution is 7.79. The van der Waals surface area contributed by atoms with Crippen molar-refractivity contribution < 1.29 is 4.74 Å². The molecule has 0 aromatic heterocycles. The number of nitrogens with zero attached hydrogens (tertiary/aromatic N) is 1.